The normalized spacial score (nSPS) is 19.2. The molecule has 0 fully saturated rings. The molecular weight excluding hydrogens is 123 g/mol. The number of halogens is 4. The quantitative estimate of drug-likeness (QED) is 0.386. The predicted molar refractivity (Wildman–Crippen MR) is 13.6 cm³/mol. The van der Waals surface area contributed by atoms with Gasteiger partial charge in [-0.3, -0.25) is 0 Å². The van der Waals surface area contributed by atoms with E-state index in [1.807, 2.05) is 0 Å². The SMILES string of the molecule is OP(F)(F)(F)F. The van der Waals surface area contributed by atoms with Gasteiger partial charge in [0, 0.05) is 0 Å². The Hall–Kier alpha value is 0.110. The summed E-state index contributed by atoms with van der Waals surface area (Å²) in [6.45, 7) is 0. The maximum atomic E-state index is 10.1. The zero-order valence-corrected chi connectivity index (χ0v) is 3.30. The van der Waals surface area contributed by atoms with E-state index in [2.05, 4.69) is 0 Å². The zero-order valence-electron chi connectivity index (χ0n) is 2.41. The third-order valence-electron chi connectivity index (χ3n) is 0. The van der Waals surface area contributed by atoms with Crippen molar-refractivity contribution in [1.82, 2.24) is 0 Å². The van der Waals surface area contributed by atoms with Gasteiger partial charge in [0.15, 0.2) is 0 Å². The first kappa shape index (κ1) is 6.11. The fourth-order valence-corrected chi connectivity index (χ4v) is 0. The van der Waals surface area contributed by atoms with Crippen LogP contribution in [-0.4, -0.2) is 4.89 Å². The van der Waals surface area contributed by atoms with E-state index in [4.69, 9.17) is 4.89 Å². The van der Waals surface area contributed by atoms with Crippen LogP contribution in [0.2, 0.25) is 0 Å². The van der Waals surface area contributed by atoms with Crippen molar-refractivity contribution < 1.29 is 21.7 Å². The summed E-state index contributed by atoms with van der Waals surface area (Å²) in [5.41, 5.74) is 0. The molecule has 0 saturated heterocycles. The van der Waals surface area contributed by atoms with Crippen molar-refractivity contribution >= 4 is 8.07 Å². The molecule has 0 aliphatic rings. The van der Waals surface area contributed by atoms with E-state index in [9.17, 15) is 16.8 Å². The van der Waals surface area contributed by atoms with Gasteiger partial charge in [0.25, 0.3) is 0 Å². The summed E-state index contributed by atoms with van der Waals surface area (Å²) in [6, 6.07) is 0. The molecule has 0 heterocycles. The van der Waals surface area contributed by atoms with Crippen LogP contribution in [0.3, 0.4) is 0 Å². The van der Waals surface area contributed by atoms with E-state index >= 15 is 0 Å². The van der Waals surface area contributed by atoms with Gasteiger partial charge in [0.2, 0.25) is 0 Å². The summed E-state index contributed by atoms with van der Waals surface area (Å²) in [5, 5.41) is 0. The first-order chi connectivity index (χ1) is 2.24. The van der Waals surface area contributed by atoms with Crippen LogP contribution in [-0.2, 0) is 0 Å². The third-order valence-corrected chi connectivity index (χ3v) is 0. The maximum absolute atomic E-state index is 10.1. The Labute approximate surface area is 31.1 Å². The number of hydrogen-bond acceptors (Lipinski definition) is 1. The number of rotatable bonds is 0. The third kappa shape index (κ3) is 3290. The Bertz CT molecular complexity index is 40.7. The summed E-state index contributed by atoms with van der Waals surface area (Å²) in [5.74, 6) is 0. The molecule has 0 amide bonds. The van der Waals surface area contributed by atoms with Crippen molar-refractivity contribution in [3.8, 4) is 0 Å². The molecule has 0 aliphatic carbocycles. The predicted octanol–water partition coefficient (Wildman–Crippen LogP) is 1.98. The molecule has 6 heteroatoms. The minimum absolute atomic E-state index is 6.45. The first-order valence-electron chi connectivity index (χ1n) is 0.876. The van der Waals surface area contributed by atoms with Gasteiger partial charge in [-0.15, -0.1) is 0 Å². The Morgan fingerprint density at radius 1 is 1.00 bits per heavy atom. The molecule has 0 radical (unpaired) electrons. The van der Waals surface area contributed by atoms with E-state index < -0.39 is 8.07 Å². The molecule has 0 saturated carbocycles. The van der Waals surface area contributed by atoms with Crippen LogP contribution < -0.4 is 0 Å². The van der Waals surface area contributed by atoms with Gasteiger partial charge in [-0.1, -0.05) is 0 Å². The fraction of sp³-hybridized carbons (Fsp3) is 0. The van der Waals surface area contributed by atoms with Crippen LogP contribution in [0.25, 0.3) is 0 Å². The molecule has 0 aromatic rings. The monoisotopic (exact) mass is 124 g/mol. The van der Waals surface area contributed by atoms with Gasteiger partial charge >= 0.3 is 29.8 Å². The molecule has 1 nitrogen and oxygen atoms in total. The van der Waals surface area contributed by atoms with Crippen LogP contribution in [0.1, 0.15) is 0 Å². The second-order valence-electron chi connectivity index (χ2n) is 0.686. The summed E-state index contributed by atoms with van der Waals surface area (Å²) in [6.07, 6.45) is 0. The summed E-state index contributed by atoms with van der Waals surface area (Å²) in [4.78, 5) is 6.45. The Morgan fingerprint density at radius 2 is 1.00 bits per heavy atom. The van der Waals surface area contributed by atoms with E-state index in [0.717, 1.165) is 0 Å². The second kappa shape index (κ2) is 0.845. The molecule has 0 rings (SSSR count). The molecule has 0 aromatic heterocycles. The van der Waals surface area contributed by atoms with Crippen molar-refractivity contribution in [2.75, 3.05) is 0 Å². The van der Waals surface area contributed by atoms with Gasteiger partial charge in [-0.25, -0.2) is 0 Å². The van der Waals surface area contributed by atoms with Crippen LogP contribution in [0, 0.1) is 0 Å². The van der Waals surface area contributed by atoms with Crippen molar-refractivity contribution in [2.45, 2.75) is 0 Å². The van der Waals surface area contributed by atoms with Crippen molar-refractivity contribution in [1.29, 1.82) is 0 Å². The van der Waals surface area contributed by atoms with Gasteiger partial charge in [0.05, 0.1) is 0 Å². The summed E-state index contributed by atoms with van der Waals surface area (Å²) >= 11 is 0. The minimum atomic E-state index is -8.05. The van der Waals surface area contributed by atoms with Gasteiger partial charge in [0.1, 0.15) is 0 Å². The van der Waals surface area contributed by atoms with E-state index in [1.165, 1.54) is 0 Å². The second-order valence-corrected chi connectivity index (χ2v) is 2.06. The van der Waals surface area contributed by atoms with Crippen LogP contribution >= 0.6 is 8.07 Å². The van der Waals surface area contributed by atoms with Crippen molar-refractivity contribution in [2.24, 2.45) is 0 Å². The first-order valence-corrected chi connectivity index (χ1v) is 2.63. The van der Waals surface area contributed by atoms with Gasteiger partial charge in [-0.2, -0.15) is 0 Å². The molecule has 0 atom stereocenters. The van der Waals surface area contributed by atoms with Crippen molar-refractivity contribution in [3.05, 3.63) is 0 Å². The number of hydrogen-bond donors (Lipinski definition) is 1. The average Bonchev–Trinajstić information content (AvgIpc) is 0.650. The Kier molecular flexibility index (Phi) is 0.860. The molecule has 0 unspecified atom stereocenters. The fourth-order valence-electron chi connectivity index (χ4n) is 0. The van der Waals surface area contributed by atoms with Crippen LogP contribution in [0.5, 0.6) is 0 Å². The average molecular weight is 124 g/mol. The Morgan fingerprint density at radius 3 is 1.00 bits per heavy atom. The Balaban J connectivity index is 3.73. The van der Waals surface area contributed by atoms with Gasteiger partial charge < -0.3 is 0 Å². The molecule has 40 valence electrons. The molecule has 0 bridgehead atoms. The van der Waals surface area contributed by atoms with E-state index in [1.54, 1.807) is 0 Å². The molecule has 0 aliphatic heterocycles. The van der Waals surface area contributed by atoms with E-state index in [-0.39, 0.29) is 0 Å². The molecule has 0 aromatic carbocycles. The zero-order chi connectivity index (χ0) is 5.45. The molecular formula is HF4OP. The van der Waals surface area contributed by atoms with Gasteiger partial charge in [-0.05, 0) is 0 Å². The molecule has 0 spiro atoms. The molecule has 1 N–H and O–H groups in total. The summed E-state index contributed by atoms with van der Waals surface area (Å²) in [7, 11) is -8.05. The van der Waals surface area contributed by atoms with E-state index in [0.29, 0.717) is 0 Å². The standard InChI is InChI=1S/F4HOP/c1-6(2,3,4)5/h5H. The van der Waals surface area contributed by atoms with Crippen LogP contribution in [0.4, 0.5) is 16.8 Å². The summed E-state index contributed by atoms with van der Waals surface area (Å²) < 4.78 is 40.2. The van der Waals surface area contributed by atoms with Crippen LogP contribution in [0.15, 0.2) is 0 Å². The topological polar surface area (TPSA) is 20.2 Å². The molecule has 6 heavy (non-hydrogen) atoms. The van der Waals surface area contributed by atoms with Crippen molar-refractivity contribution in [3.63, 3.8) is 0 Å².